The molecule has 0 fully saturated rings. The van der Waals surface area contributed by atoms with Crippen LogP contribution in [-0.2, 0) is 13.0 Å². The first-order chi connectivity index (χ1) is 15.7. The molecule has 0 aliphatic rings. The van der Waals surface area contributed by atoms with E-state index in [-0.39, 0.29) is 5.56 Å². The van der Waals surface area contributed by atoms with Gasteiger partial charge in [-0.3, -0.25) is 9.36 Å². The van der Waals surface area contributed by atoms with Gasteiger partial charge in [-0.25, -0.2) is 4.98 Å². The number of tetrazole rings is 1. The number of aromatic amines is 1. The number of thiophene rings is 1. The van der Waals surface area contributed by atoms with Gasteiger partial charge < -0.3 is 0 Å². The minimum Gasteiger partial charge on any atom is -0.291 e. The van der Waals surface area contributed by atoms with Crippen LogP contribution in [0, 0.1) is 6.92 Å². The molecule has 0 unspecified atom stereocenters. The van der Waals surface area contributed by atoms with E-state index in [0.717, 1.165) is 56.7 Å². The van der Waals surface area contributed by atoms with E-state index < -0.39 is 0 Å². The summed E-state index contributed by atoms with van der Waals surface area (Å²) in [5.41, 5.74) is 6.00. The highest BCUT2D eigenvalue weighted by Gasteiger charge is 2.15. The third kappa shape index (κ3) is 3.62. The van der Waals surface area contributed by atoms with E-state index >= 15 is 0 Å². The molecule has 32 heavy (non-hydrogen) atoms. The molecule has 2 aromatic carbocycles. The molecule has 0 saturated carbocycles. The van der Waals surface area contributed by atoms with E-state index in [1.165, 1.54) is 11.3 Å². The number of rotatable bonds is 6. The quantitative estimate of drug-likeness (QED) is 0.415. The van der Waals surface area contributed by atoms with Crippen molar-refractivity contribution in [1.29, 1.82) is 0 Å². The second-order valence-corrected chi connectivity index (χ2v) is 8.62. The van der Waals surface area contributed by atoms with E-state index in [0.29, 0.717) is 12.4 Å². The fourth-order valence-electron chi connectivity index (χ4n) is 3.91. The molecule has 0 spiro atoms. The van der Waals surface area contributed by atoms with Crippen molar-refractivity contribution in [1.82, 2.24) is 30.2 Å². The average molecular weight is 443 g/mol. The molecule has 0 aliphatic carbocycles. The SMILES string of the molecule is CCCc1nc2c(C)csc2c(=O)n1Cc1ccc(-c2ccccc2-c2nn[nH]n2)cc1. The molecule has 0 bridgehead atoms. The van der Waals surface area contributed by atoms with Crippen molar-refractivity contribution in [2.45, 2.75) is 33.2 Å². The average Bonchev–Trinajstić information content (AvgIpc) is 3.48. The first-order valence-electron chi connectivity index (χ1n) is 10.6. The smallest absolute Gasteiger partial charge is 0.271 e. The number of fused-ring (bicyclic) bond motifs is 1. The highest BCUT2D eigenvalue weighted by molar-refractivity contribution is 7.17. The predicted molar refractivity (Wildman–Crippen MR) is 127 cm³/mol. The number of aryl methyl sites for hydroxylation is 2. The minimum absolute atomic E-state index is 0.0445. The molecule has 0 aliphatic heterocycles. The monoisotopic (exact) mass is 442 g/mol. The lowest BCUT2D eigenvalue weighted by Crippen LogP contribution is -2.25. The molecule has 1 N–H and O–H groups in total. The van der Waals surface area contributed by atoms with Crippen LogP contribution in [0.5, 0.6) is 0 Å². The van der Waals surface area contributed by atoms with Gasteiger partial charge in [-0.15, -0.1) is 21.5 Å². The molecule has 0 saturated heterocycles. The van der Waals surface area contributed by atoms with Crippen LogP contribution in [0.25, 0.3) is 32.7 Å². The van der Waals surface area contributed by atoms with Crippen LogP contribution in [0.2, 0.25) is 0 Å². The highest BCUT2D eigenvalue weighted by atomic mass is 32.1. The van der Waals surface area contributed by atoms with Gasteiger partial charge in [0.05, 0.1) is 12.1 Å². The fourth-order valence-corrected chi connectivity index (χ4v) is 4.85. The Labute approximate surface area is 188 Å². The normalized spacial score (nSPS) is 11.3. The number of hydrogen-bond acceptors (Lipinski definition) is 6. The Bertz CT molecular complexity index is 1430. The maximum atomic E-state index is 13.2. The van der Waals surface area contributed by atoms with Crippen molar-refractivity contribution < 1.29 is 0 Å². The Morgan fingerprint density at radius 3 is 2.56 bits per heavy atom. The summed E-state index contributed by atoms with van der Waals surface area (Å²) >= 11 is 1.48. The first kappa shape index (κ1) is 20.3. The highest BCUT2D eigenvalue weighted by Crippen LogP contribution is 2.30. The van der Waals surface area contributed by atoms with Crippen molar-refractivity contribution in [3.05, 3.63) is 81.2 Å². The number of aromatic nitrogens is 6. The number of nitrogens with zero attached hydrogens (tertiary/aromatic N) is 5. The zero-order chi connectivity index (χ0) is 22.1. The van der Waals surface area contributed by atoms with Crippen LogP contribution in [-0.4, -0.2) is 30.2 Å². The van der Waals surface area contributed by atoms with Gasteiger partial charge in [0.15, 0.2) is 0 Å². The molecule has 0 amide bonds. The summed E-state index contributed by atoms with van der Waals surface area (Å²) < 4.78 is 2.55. The molecule has 5 rings (SSSR count). The summed E-state index contributed by atoms with van der Waals surface area (Å²) in [4.78, 5) is 18.1. The summed E-state index contributed by atoms with van der Waals surface area (Å²) in [6.07, 6.45) is 1.71. The van der Waals surface area contributed by atoms with Crippen LogP contribution in [0.4, 0.5) is 0 Å². The Kier molecular flexibility index (Phi) is 5.36. The molecule has 8 heteroatoms. The van der Waals surface area contributed by atoms with E-state index in [1.54, 1.807) is 0 Å². The van der Waals surface area contributed by atoms with E-state index in [4.69, 9.17) is 4.98 Å². The van der Waals surface area contributed by atoms with Crippen LogP contribution < -0.4 is 5.56 Å². The van der Waals surface area contributed by atoms with Gasteiger partial charge in [-0.05, 0) is 46.2 Å². The van der Waals surface area contributed by atoms with Gasteiger partial charge in [-0.2, -0.15) is 5.21 Å². The van der Waals surface area contributed by atoms with Crippen LogP contribution in [0.1, 0.15) is 30.3 Å². The van der Waals surface area contributed by atoms with Crippen LogP contribution in [0.15, 0.2) is 58.7 Å². The minimum atomic E-state index is 0.0445. The molecule has 3 aromatic heterocycles. The molecule has 160 valence electrons. The van der Waals surface area contributed by atoms with Crippen molar-refractivity contribution in [2.24, 2.45) is 0 Å². The Morgan fingerprint density at radius 2 is 1.84 bits per heavy atom. The standard InChI is InChI=1S/C24H22N6OS/c1-3-6-20-25-21-15(2)14-32-22(21)24(31)30(20)13-16-9-11-17(12-10-16)18-7-4-5-8-19(18)23-26-28-29-27-23/h4-5,7-12,14H,3,6,13H2,1-2H3,(H,26,27,28,29). The zero-order valence-corrected chi connectivity index (χ0v) is 18.7. The summed E-state index contributed by atoms with van der Waals surface area (Å²) in [6, 6.07) is 16.2. The summed E-state index contributed by atoms with van der Waals surface area (Å²) in [6.45, 7) is 4.62. The Hall–Kier alpha value is -3.65. The molecule has 0 atom stereocenters. The number of benzene rings is 2. The van der Waals surface area contributed by atoms with Crippen molar-refractivity contribution in [3.8, 4) is 22.5 Å². The van der Waals surface area contributed by atoms with Gasteiger partial charge in [0.25, 0.3) is 5.56 Å². The first-order valence-corrected chi connectivity index (χ1v) is 11.4. The fraction of sp³-hybridized carbons (Fsp3) is 0.208. The zero-order valence-electron chi connectivity index (χ0n) is 17.9. The van der Waals surface area contributed by atoms with Gasteiger partial charge in [-0.1, -0.05) is 55.5 Å². The van der Waals surface area contributed by atoms with E-state index in [1.807, 2.05) is 41.1 Å². The van der Waals surface area contributed by atoms with E-state index in [9.17, 15) is 4.79 Å². The maximum absolute atomic E-state index is 13.2. The lowest BCUT2D eigenvalue weighted by atomic mass is 9.98. The molecular formula is C24H22N6OS. The maximum Gasteiger partial charge on any atom is 0.271 e. The molecule has 3 heterocycles. The number of hydrogen-bond donors (Lipinski definition) is 1. The molecule has 0 radical (unpaired) electrons. The third-order valence-electron chi connectivity index (χ3n) is 5.53. The lowest BCUT2D eigenvalue weighted by Gasteiger charge is -2.13. The summed E-state index contributed by atoms with van der Waals surface area (Å²) in [7, 11) is 0. The Balaban J connectivity index is 1.50. The van der Waals surface area contributed by atoms with Gasteiger partial charge >= 0.3 is 0 Å². The second-order valence-electron chi connectivity index (χ2n) is 7.74. The predicted octanol–water partition coefficient (Wildman–Crippen LogP) is 4.61. The summed E-state index contributed by atoms with van der Waals surface area (Å²) in [5, 5.41) is 16.4. The Morgan fingerprint density at radius 1 is 1.06 bits per heavy atom. The van der Waals surface area contributed by atoms with Gasteiger partial charge in [0, 0.05) is 12.0 Å². The molecule has 5 aromatic rings. The summed E-state index contributed by atoms with van der Waals surface area (Å²) in [5.74, 6) is 1.41. The number of H-pyrrole nitrogens is 1. The third-order valence-corrected chi connectivity index (χ3v) is 6.60. The van der Waals surface area contributed by atoms with Gasteiger partial charge in [0.1, 0.15) is 10.5 Å². The van der Waals surface area contributed by atoms with Gasteiger partial charge in [0.2, 0.25) is 5.82 Å². The molecule has 7 nitrogen and oxygen atoms in total. The topological polar surface area (TPSA) is 89.4 Å². The van der Waals surface area contributed by atoms with E-state index in [2.05, 4.69) is 51.8 Å². The molecular weight excluding hydrogens is 420 g/mol. The second kappa shape index (κ2) is 8.47. The van der Waals surface area contributed by atoms with Crippen molar-refractivity contribution >= 4 is 21.6 Å². The largest absolute Gasteiger partial charge is 0.291 e. The van der Waals surface area contributed by atoms with Crippen molar-refractivity contribution in [2.75, 3.05) is 0 Å². The van der Waals surface area contributed by atoms with Crippen LogP contribution >= 0.6 is 11.3 Å². The van der Waals surface area contributed by atoms with Crippen molar-refractivity contribution in [3.63, 3.8) is 0 Å². The number of nitrogens with one attached hydrogen (secondary N) is 1. The van der Waals surface area contributed by atoms with Crippen LogP contribution in [0.3, 0.4) is 0 Å². The lowest BCUT2D eigenvalue weighted by molar-refractivity contribution is 0.666.